The summed E-state index contributed by atoms with van der Waals surface area (Å²) in [4.78, 5) is 0. The summed E-state index contributed by atoms with van der Waals surface area (Å²) in [6.07, 6.45) is 0. The van der Waals surface area contributed by atoms with Crippen molar-refractivity contribution in [2.75, 3.05) is 20.3 Å². The zero-order chi connectivity index (χ0) is 11.3. The first-order valence-electron chi connectivity index (χ1n) is 4.74. The maximum atomic E-state index is 13.5. The van der Waals surface area contributed by atoms with Crippen molar-refractivity contribution < 1.29 is 13.9 Å². The maximum Gasteiger partial charge on any atom is 0.161 e. The summed E-state index contributed by atoms with van der Waals surface area (Å²) in [6, 6.07) is 7.11. The van der Waals surface area contributed by atoms with E-state index in [1.807, 2.05) is 6.07 Å². The van der Waals surface area contributed by atoms with Gasteiger partial charge in [0, 0.05) is 6.54 Å². The van der Waals surface area contributed by atoms with E-state index in [1.165, 1.54) is 6.92 Å². The fraction of sp³-hybridized carbons (Fsp3) is 0.455. The first-order valence-corrected chi connectivity index (χ1v) is 4.74. The molecule has 1 atom stereocenters. The summed E-state index contributed by atoms with van der Waals surface area (Å²) in [7, 11) is 1.54. The van der Waals surface area contributed by atoms with Crippen LogP contribution in [0.2, 0.25) is 0 Å². The van der Waals surface area contributed by atoms with Gasteiger partial charge < -0.3 is 15.2 Å². The molecule has 0 amide bonds. The molecule has 1 unspecified atom stereocenters. The Hall–Kier alpha value is -1.29. The van der Waals surface area contributed by atoms with Gasteiger partial charge in [0.25, 0.3) is 0 Å². The average molecular weight is 213 g/mol. The molecule has 0 aliphatic rings. The zero-order valence-corrected chi connectivity index (χ0v) is 9.00. The SMILES string of the molecule is COc1ccccc1OCC(C)(F)CN. The van der Waals surface area contributed by atoms with Crippen molar-refractivity contribution in [1.29, 1.82) is 0 Å². The van der Waals surface area contributed by atoms with E-state index in [9.17, 15) is 4.39 Å². The fourth-order valence-electron chi connectivity index (χ4n) is 1.03. The van der Waals surface area contributed by atoms with Crippen LogP contribution in [0.4, 0.5) is 4.39 Å². The third-order valence-corrected chi connectivity index (χ3v) is 2.02. The lowest BCUT2D eigenvalue weighted by Gasteiger charge is -2.19. The molecule has 0 aliphatic carbocycles. The second-order valence-electron chi connectivity index (χ2n) is 3.56. The van der Waals surface area contributed by atoms with Crippen molar-refractivity contribution in [2.45, 2.75) is 12.6 Å². The number of benzene rings is 1. The van der Waals surface area contributed by atoms with Crippen molar-refractivity contribution in [2.24, 2.45) is 5.73 Å². The molecule has 0 saturated carbocycles. The Morgan fingerprint density at radius 2 is 1.93 bits per heavy atom. The Kier molecular flexibility index (Phi) is 3.91. The first kappa shape index (κ1) is 11.8. The predicted molar refractivity (Wildman–Crippen MR) is 57.1 cm³/mol. The molecular weight excluding hydrogens is 197 g/mol. The molecule has 0 radical (unpaired) electrons. The van der Waals surface area contributed by atoms with E-state index in [4.69, 9.17) is 15.2 Å². The molecule has 0 bridgehead atoms. The Morgan fingerprint density at radius 1 is 1.33 bits per heavy atom. The van der Waals surface area contributed by atoms with E-state index in [0.717, 1.165) is 0 Å². The number of halogens is 1. The van der Waals surface area contributed by atoms with Gasteiger partial charge in [0.15, 0.2) is 17.2 Å². The van der Waals surface area contributed by atoms with E-state index < -0.39 is 5.67 Å². The molecule has 0 aliphatic heterocycles. The van der Waals surface area contributed by atoms with E-state index >= 15 is 0 Å². The zero-order valence-electron chi connectivity index (χ0n) is 9.00. The van der Waals surface area contributed by atoms with Gasteiger partial charge in [0.2, 0.25) is 0 Å². The molecule has 1 rings (SSSR count). The van der Waals surface area contributed by atoms with Crippen LogP contribution in [0.25, 0.3) is 0 Å². The number of para-hydroxylation sites is 2. The van der Waals surface area contributed by atoms with Gasteiger partial charge in [-0.2, -0.15) is 0 Å². The second-order valence-corrected chi connectivity index (χ2v) is 3.56. The monoisotopic (exact) mass is 213 g/mol. The molecule has 1 aromatic carbocycles. The number of rotatable bonds is 5. The number of methoxy groups -OCH3 is 1. The van der Waals surface area contributed by atoms with Crippen molar-refractivity contribution in [3.63, 3.8) is 0 Å². The fourth-order valence-corrected chi connectivity index (χ4v) is 1.03. The molecule has 0 aromatic heterocycles. The molecule has 0 heterocycles. The van der Waals surface area contributed by atoms with E-state index in [2.05, 4.69) is 0 Å². The lowest BCUT2D eigenvalue weighted by molar-refractivity contribution is 0.108. The molecular formula is C11H16FNO2. The highest BCUT2D eigenvalue weighted by molar-refractivity contribution is 5.39. The molecule has 2 N–H and O–H groups in total. The molecule has 0 saturated heterocycles. The first-order chi connectivity index (χ1) is 7.09. The molecule has 1 aromatic rings. The van der Waals surface area contributed by atoms with Gasteiger partial charge >= 0.3 is 0 Å². The van der Waals surface area contributed by atoms with E-state index in [0.29, 0.717) is 11.5 Å². The van der Waals surface area contributed by atoms with Crippen LogP contribution in [-0.4, -0.2) is 25.9 Å². The van der Waals surface area contributed by atoms with Crippen LogP contribution in [0.1, 0.15) is 6.92 Å². The normalized spacial score (nSPS) is 14.4. The van der Waals surface area contributed by atoms with Crippen LogP contribution in [0.15, 0.2) is 24.3 Å². The topological polar surface area (TPSA) is 44.5 Å². The summed E-state index contributed by atoms with van der Waals surface area (Å²) in [5.74, 6) is 1.11. The van der Waals surface area contributed by atoms with E-state index in [1.54, 1.807) is 25.3 Å². The maximum absolute atomic E-state index is 13.5. The Balaban J connectivity index is 2.65. The van der Waals surface area contributed by atoms with Gasteiger partial charge in [0.1, 0.15) is 6.61 Å². The Morgan fingerprint density at radius 3 is 2.47 bits per heavy atom. The highest BCUT2D eigenvalue weighted by Crippen LogP contribution is 2.26. The van der Waals surface area contributed by atoms with Crippen LogP contribution in [0, 0.1) is 0 Å². The van der Waals surface area contributed by atoms with Gasteiger partial charge in [-0.15, -0.1) is 0 Å². The summed E-state index contributed by atoms with van der Waals surface area (Å²) in [5, 5.41) is 0. The molecule has 0 fully saturated rings. The van der Waals surface area contributed by atoms with Crippen LogP contribution in [-0.2, 0) is 0 Å². The summed E-state index contributed by atoms with van der Waals surface area (Å²) >= 11 is 0. The second kappa shape index (κ2) is 4.98. The average Bonchev–Trinajstić information content (AvgIpc) is 2.27. The molecule has 3 nitrogen and oxygen atoms in total. The number of ether oxygens (including phenoxy) is 2. The number of nitrogens with two attached hydrogens (primary N) is 1. The van der Waals surface area contributed by atoms with Gasteiger partial charge in [-0.25, -0.2) is 4.39 Å². The van der Waals surface area contributed by atoms with Gasteiger partial charge in [0.05, 0.1) is 7.11 Å². The third kappa shape index (κ3) is 3.40. The van der Waals surface area contributed by atoms with Gasteiger partial charge in [-0.05, 0) is 19.1 Å². The minimum absolute atomic E-state index is 0.0673. The van der Waals surface area contributed by atoms with Crippen LogP contribution in [0.3, 0.4) is 0 Å². The standard InChI is InChI=1S/C11H16FNO2/c1-11(12,7-13)8-15-10-6-4-3-5-9(10)14-2/h3-6H,7-8,13H2,1-2H3. The smallest absolute Gasteiger partial charge is 0.161 e. The van der Waals surface area contributed by atoms with Gasteiger partial charge in [-0.1, -0.05) is 12.1 Å². The van der Waals surface area contributed by atoms with Crippen LogP contribution in [0.5, 0.6) is 11.5 Å². The molecule has 15 heavy (non-hydrogen) atoms. The summed E-state index contributed by atoms with van der Waals surface area (Å²) < 4.78 is 23.8. The minimum Gasteiger partial charge on any atom is -0.493 e. The van der Waals surface area contributed by atoms with E-state index in [-0.39, 0.29) is 13.2 Å². The van der Waals surface area contributed by atoms with Crippen LogP contribution < -0.4 is 15.2 Å². The third-order valence-electron chi connectivity index (χ3n) is 2.02. The Bertz CT molecular complexity index is 315. The predicted octanol–water partition coefficient (Wildman–Crippen LogP) is 1.76. The summed E-state index contributed by atoms with van der Waals surface area (Å²) in [6.45, 7) is 1.26. The minimum atomic E-state index is -1.51. The van der Waals surface area contributed by atoms with Crippen LogP contribution >= 0.6 is 0 Å². The van der Waals surface area contributed by atoms with Crippen molar-refractivity contribution in [1.82, 2.24) is 0 Å². The van der Waals surface area contributed by atoms with Crippen molar-refractivity contribution >= 4 is 0 Å². The lowest BCUT2D eigenvalue weighted by Crippen LogP contribution is -2.35. The lowest BCUT2D eigenvalue weighted by atomic mass is 10.1. The summed E-state index contributed by atoms with van der Waals surface area (Å²) in [5.41, 5.74) is 3.74. The highest BCUT2D eigenvalue weighted by Gasteiger charge is 2.22. The number of alkyl halides is 1. The number of hydrogen-bond acceptors (Lipinski definition) is 3. The van der Waals surface area contributed by atoms with Gasteiger partial charge in [-0.3, -0.25) is 0 Å². The Labute approximate surface area is 89.0 Å². The largest absolute Gasteiger partial charge is 0.493 e. The highest BCUT2D eigenvalue weighted by atomic mass is 19.1. The molecule has 4 heteroatoms. The molecule has 0 spiro atoms. The quantitative estimate of drug-likeness (QED) is 0.810. The van der Waals surface area contributed by atoms with Crippen molar-refractivity contribution in [3.8, 4) is 11.5 Å². The number of hydrogen-bond donors (Lipinski definition) is 1. The molecule has 84 valence electrons. The van der Waals surface area contributed by atoms with Crippen molar-refractivity contribution in [3.05, 3.63) is 24.3 Å².